The van der Waals surface area contributed by atoms with E-state index in [4.69, 9.17) is 0 Å². The van der Waals surface area contributed by atoms with Crippen molar-refractivity contribution in [1.29, 1.82) is 0 Å². The van der Waals surface area contributed by atoms with E-state index in [9.17, 15) is 0 Å². The quantitative estimate of drug-likeness (QED) is 0.922. The summed E-state index contributed by atoms with van der Waals surface area (Å²) in [4.78, 5) is 4.80. The van der Waals surface area contributed by atoms with Crippen molar-refractivity contribution >= 4 is 5.82 Å². The molecule has 0 atom stereocenters. The fraction of sp³-hybridized carbons (Fsp3) is 0.632. The minimum Gasteiger partial charge on any atom is -0.352 e. The van der Waals surface area contributed by atoms with Gasteiger partial charge in [0.1, 0.15) is 0 Å². The summed E-state index contributed by atoms with van der Waals surface area (Å²) >= 11 is 0. The van der Waals surface area contributed by atoms with Gasteiger partial charge >= 0.3 is 0 Å². The van der Waals surface area contributed by atoms with E-state index in [2.05, 4.69) is 43.3 Å². The number of likely N-dealkylation sites (N-methyl/N-ethyl adjacent to an activating group) is 1. The maximum atomic E-state index is 4.54. The van der Waals surface area contributed by atoms with Gasteiger partial charge in [0.2, 0.25) is 0 Å². The van der Waals surface area contributed by atoms with Crippen LogP contribution in [0, 0.1) is 0 Å². The number of hydrogen-bond acceptors (Lipinski definition) is 5. The first-order valence-electron chi connectivity index (χ1n) is 9.63. The van der Waals surface area contributed by atoms with Gasteiger partial charge in [-0.15, -0.1) is 5.10 Å². The van der Waals surface area contributed by atoms with Crippen molar-refractivity contribution in [2.45, 2.75) is 57.5 Å². The number of aromatic amines is 1. The summed E-state index contributed by atoms with van der Waals surface area (Å²) < 4.78 is 0. The molecule has 0 unspecified atom stereocenters. The maximum absolute atomic E-state index is 4.54. The van der Waals surface area contributed by atoms with Gasteiger partial charge in [-0.3, -0.25) is 10.00 Å². The van der Waals surface area contributed by atoms with E-state index in [0.717, 1.165) is 31.9 Å². The first kappa shape index (κ1) is 15.3. The molecular formula is C19H26N6. The standard InChI is InChI=1S/C19H26N6/c1-24(12-18-15-6-4-8-17(15)21-22-18)14-10-25(11-14)19-9-13-5-2-3-7-16(13)20-23-19/h9,14H,2-8,10-12H2,1H3,(H,21,22). The molecule has 132 valence electrons. The van der Waals surface area contributed by atoms with Crippen LogP contribution in [-0.4, -0.2) is 51.5 Å². The van der Waals surface area contributed by atoms with Crippen molar-refractivity contribution in [3.05, 3.63) is 34.3 Å². The lowest BCUT2D eigenvalue weighted by Gasteiger charge is -2.44. The van der Waals surface area contributed by atoms with Gasteiger partial charge < -0.3 is 4.90 Å². The highest BCUT2D eigenvalue weighted by molar-refractivity contribution is 5.45. The van der Waals surface area contributed by atoms with E-state index >= 15 is 0 Å². The van der Waals surface area contributed by atoms with Gasteiger partial charge in [-0.05, 0) is 69.2 Å². The highest BCUT2D eigenvalue weighted by Gasteiger charge is 2.32. The average molecular weight is 338 g/mol. The minimum atomic E-state index is 0.576. The second kappa shape index (κ2) is 6.09. The van der Waals surface area contributed by atoms with Gasteiger partial charge in [0, 0.05) is 31.4 Å². The lowest BCUT2D eigenvalue weighted by atomic mass is 9.96. The van der Waals surface area contributed by atoms with Crippen molar-refractivity contribution in [2.75, 3.05) is 25.0 Å². The van der Waals surface area contributed by atoms with Crippen LogP contribution >= 0.6 is 0 Å². The number of fused-ring (bicyclic) bond motifs is 2. The number of aryl methyl sites for hydroxylation is 3. The second-order valence-corrected chi connectivity index (χ2v) is 7.84. The molecule has 3 aliphatic rings. The molecule has 1 aliphatic heterocycles. The zero-order valence-corrected chi connectivity index (χ0v) is 15.0. The third kappa shape index (κ3) is 2.72. The van der Waals surface area contributed by atoms with E-state index < -0.39 is 0 Å². The van der Waals surface area contributed by atoms with E-state index in [1.807, 2.05) is 0 Å². The van der Waals surface area contributed by atoms with E-state index in [1.165, 1.54) is 66.7 Å². The Bertz CT molecular complexity index is 776. The van der Waals surface area contributed by atoms with Crippen LogP contribution in [0.25, 0.3) is 0 Å². The van der Waals surface area contributed by atoms with Gasteiger partial charge in [0.15, 0.2) is 5.82 Å². The van der Waals surface area contributed by atoms with Gasteiger partial charge in [0.05, 0.1) is 11.4 Å². The van der Waals surface area contributed by atoms with E-state index in [1.54, 1.807) is 0 Å². The average Bonchev–Trinajstić information content (AvgIpc) is 3.18. The number of rotatable bonds is 4. The molecule has 25 heavy (non-hydrogen) atoms. The normalized spacial score (nSPS) is 19.8. The Hall–Kier alpha value is -1.95. The lowest BCUT2D eigenvalue weighted by Crippen LogP contribution is -2.58. The molecule has 2 aliphatic carbocycles. The van der Waals surface area contributed by atoms with Crippen LogP contribution < -0.4 is 4.90 Å². The number of H-pyrrole nitrogens is 1. The number of anilines is 1. The maximum Gasteiger partial charge on any atom is 0.151 e. The Kier molecular flexibility index (Phi) is 3.73. The molecule has 0 aromatic carbocycles. The summed E-state index contributed by atoms with van der Waals surface area (Å²) in [6.45, 7) is 3.02. The summed E-state index contributed by atoms with van der Waals surface area (Å²) in [6.07, 6.45) is 8.44. The van der Waals surface area contributed by atoms with Crippen LogP contribution in [0.4, 0.5) is 5.82 Å². The Morgan fingerprint density at radius 2 is 2.00 bits per heavy atom. The molecule has 0 amide bonds. The van der Waals surface area contributed by atoms with Crippen molar-refractivity contribution in [1.82, 2.24) is 25.3 Å². The molecule has 6 nitrogen and oxygen atoms in total. The van der Waals surface area contributed by atoms with Crippen molar-refractivity contribution in [3.8, 4) is 0 Å². The number of nitrogens with one attached hydrogen (secondary N) is 1. The summed E-state index contributed by atoms with van der Waals surface area (Å²) in [7, 11) is 2.22. The molecule has 0 saturated carbocycles. The number of aromatic nitrogens is 4. The zero-order chi connectivity index (χ0) is 16.8. The third-order valence-electron chi connectivity index (χ3n) is 6.16. The lowest BCUT2D eigenvalue weighted by molar-refractivity contribution is 0.194. The molecule has 2 aromatic heterocycles. The molecule has 5 rings (SSSR count). The van der Waals surface area contributed by atoms with Crippen LogP contribution in [0.1, 0.15) is 47.5 Å². The van der Waals surface area contributed by atoms with Crippen LogP contribution in [0.3, 0.4) is 0 Å². The monoisotopic (exact) mass is 338 g/mol. The van der Waals surface area contributed by atoms with Crippen LogP contribution in [0.5, 0.6) is 0 Å². The largest absolute Gasteiger partial charge is 0.352 e. The molecule has 0 spiro atoms. The SMILES string of the molecule is CN(Cc1n[nH]c2c1CCC2)C1CN(c2cc3c(nn2)CCCC3)C1. The predicted molar refractivity (Wildman–Crippen MR) is 96.8 cm³/mol. The topological polar surface area (TPSA) is 60.9 Å². The Labute approximate surface area is 148 Å². The second-order valence-electron chi connectivity index (χ2n) is 7.84. The Morgan fingerprint density at radius 3 is 2.92 bits per heavy atom. The number of nitrogens with zero attached hydrogens (tertiary/aromatic N) is 5. The van der Waals surface area contributed by atoms with Crippen molar-refractivity contribution in [3.63, 3.8) is 0 Å². The van der Waals surface area contributed by atoms with Gasteiger partial charge in [-0.1, -0.05) is 0 Å². The number of hydrogen-bond donors (Lipinski definition) is 1. The van der Waals surface area contributed by atoms with E-state index in [0.29, 0.717) is 6.04 Å². The summed E-state index contributed by atoms with van der Waals surface area (Å²) in [5.74, 6) is 1.06. The highest BCUT2D eigenvalue weighted by atomic mass is 15.4. The molecule has 6 heteroatoms. The highest BCUT2D eigenvalue weighted by Crippen LogP contribution is 2.28. The molecule has 1 N–H and O–H groups in total. The minimum absolute atomic E-state index is 0.576. The van der Waals surface area contributed by atoms with Gasteiger partial charge in [-0.2, -0.15) is 10.2 Å². The van der Waals surface area contributed by atoms with Crippen LogP contribution in [0.2, 0.25) is 0 Å². The first-order chi connectivity index (χ1) is 12.3. The molecule has 0 radical (unpaired) electrons. The molecule has 1 fully saturated rings. The first-order valence-corrected chi connectivity index (χ1v) is 9.63. The van der Waals surface area contributed by atoms with Crippen molar-refractivity contribution in [2.24, 2.45) is 0 Å². The Morgan fingerprint density at radius 1 is 1.12 bits per heavy atom. The summed E-state index contributed by atoms with van der Waals surface area (Å²) in [5, 5.41) is 16.7. The van der Waals surface area contributed by atoms with Crippen molar-refractivity contribution < 1.29 is 0 Å². The molecule has 0 bridgehead atoms. The van der Waals surface area contributed by atoms with Gasteiger partial charge in [0.25, 0.3) is 0 Å². The summed E-state index contributed by atoms with van der Waals surface area (Å²) in [6, 6.07) is 2.85. The summed E-state index contributed by atoms with van der Waals surface area (Å²) in [5.41, 5.74) is 6.73. The van der Waals surface area contributed by atoms with Gasteiger partial charge in [-0.25, -0.2) is 0 Å². The molecule has 1 saturated heterocycles. The third-order valence-corrected chi connectivity index (χ3v) is 6.16. The fourth-order valence-electron chi connectivity index (χ4n) is 4.44. The molecule has 3 heterocycles. The molecule has 2 aromatic rings. The fourth-order valence-corrected chi connectivity index (χ4v) is 4.44. The predicted octanol–water partition coefficient (Wildman–Crippen LogP) is 1.89. The van der Waals surface area contributed by atoms with E-state index in [-0.39, 0.29) is 0 Å². The zero-order valence-electron chi connectivity index (χ0n) is 15.0. The Balaban J connectivity index is 1.21. The van der Waals surface area contributed by atoms with Crippen LogP contribution in [-0.2, 0) is 32.2 Å². The smallest absolute Gasteiger partial charge is 0.151 e. The molecular weight excluding hydrogens is 312 g/mol. The van der Waals surface area contributed by atoms with Crippen LogP contribution in [0.15, 0.2) is 6.07 Å².